The van der Waals surface area contributed by atoms with E-state index in [4.69, 9.17) is 4.74 Å². The normalized spacial score (nSPS) is 9.80. The average Bonchev–Trinajstić information content (AvgIpc) is 2.29. The third kappa shape index (κ3) is 3.47. The van der Waals surface area contributed by atoms with Crippen molar-refractivity contribution in [3.63, 3.8) is 0 Å². The minimum absolute atomic E-state index is 0.0224. The molecule has 0 aromatic heterocycles. The number of carbonyl (C=O) groups excluding carboxylic acids is 1. The molecule has 0 saturated carbocycles. The second-order valence-corrected chi connectivity index (χ2v) is 3.57. The molecule has 0 atom stereocenters. The Morgan fingerprint density at radius 3 is 2.47 bits per heavy atom. The van der Waals surface area contributed by atoms with Crippen molar-refractivity contribution in [1.29, 1.82) is 0 Å². The van der Waals surface area contributed by atoms with Gasteiger partial charge in [0.15, 0.2) is 0 Å². The predicted molar refractivity (Wildman–Crippen MR) is 63.3 cm³/mol. The van der Waals surface area contributed by atoms with Crippen LogP contribution in [0.25, 0.3) is 0 Å². The van der Waals surface area contributed by atoms with Crippen molar-refractivity contribution < 1.29 is 9.53 Å². The van der Waals surface area contributed by atoms with Gasteiger partial charge < -0.3 is 9.64 Å². The SMILES string of the molecule is COc1ccc(CN(C)C(=O)CS)cc1. The van der Waals surface area contributed by atoms with Crippen molar-refractivity contribution >= 4 is 18.5 Å². The van der Waals surface area contributed by atoms with E-state index in [2.05, 4.69) is 12.6 Å². The fraction of sp³-hybridized carbons (Fsp3) is 0.364. The summed E-state index contributed by atoms with van der Waals surface area (Å²) in [6.07, 6.45) is 0. The first-order valence-corrected chi connectivity index (χ1v) is 5.28. The van der Waals surface area contributed by atoms with Crippen LogP contribution < -0.4 is 4.74 Å². The summed E-state index contributed by atoms with van der Waals surface area (Å²) in [4.78, 5) is 12.9. The Balaban J connectivity index is 2.60. The molecular weight excluding hydrogens is 210 g/mol. The minimum Gasteiger partial charge on any atom is -0.497 e. The van der Waals surface area contributed by atoms with Gasteiger partial charge >= 0.3 is 0 Å². The molecule has 1 amide bonds. The lowest BCUT2D eigenvalue weighted by Gasteiger charge is -2.16. The summed E-state index contributed by atoms with van der Waals surface area (Å²) < 4.78 is 5.05. The fourth-order valence-corrected chi connectivity index (χ4v) is 1.46. The molecular formula is C11H15NO2S. The topological polar surface area (TPSA) is 29.5 Å². The Bertz CT molecular complexity index is 324. The highest BCUT2D eigenvalue weighted by Gasteiger charge is 2.06. The minimum atomic E-state index is 0.0224. The van der Waals surface area contributed by atoms with Crippen LogP contribution in [-0.4, -0.2) is 30.7 Å². The number of thiol groups is 1. The van der Waals surface area contributed by atoms with Crippen molar-refractivity contribution in [3.8, 4) is 5.75 Å². The third-order valence-corrected chi connectivity index (χ3v) is 2.41. The summed E-state index contributed by atoms with van der Waals surface area (Å²) in [6, 6.07) is 7.66. The smallest absolute Gasteiger partial charge is 0.232 e. The monoisotopic (exact) mass is 225 g/mol. The fourth-order valence-electron chi connectivity index (χ4n) is 1.21. The van der Waals surface area contributed by atoms with E-state index in [0.717, 1.165) is 11.3 Å². The first-order valence-electron chi connectivity index (χ1n) is 4.65. The Kier molecular flexibility index (Phi) is 4.49. The molecule has 4 heteroatoms. The molecule has 15 heavy (non-hydrogen) atoms. The summed E-state index contributed by atoms with van der Waals surface area (Å²) in [7, 11) is 3.40. The molecule has 3 nitrogen and oxygen atoms in total. The summed E-state index contributed by atoms with van der Waals surface area (Å²) in [5.41, 5.74) is 1.08. The van der Waals surface area contributed by atoms with E-state index in [1.54, 1.807) is 19.1 Å². The van der Waals surface area contributed by atoms with E-state index >= 15 is 0 Å². The molecule has 0 saturated heterocycles. The molecule has 0 unspecified atom stereocenters. The molecule has 1 rings (SSSR count). The molecule has 0 aliphatic heterocycles. The highest BCUT2D eigenvalue weighted by molar-refractivity contribution is 7.81. The highest BCUT2D eigenvalue weighted by atomic mass is 32.1. The number of nitrogens with zero attached hydrogens (tertiary/aromatic N) is 1. The van der Waals surface area contributed by atoms with Crippen molar-refractivity contribution in [2.45, 2.75) is 6.54 Å². The van der Waals surface area contributed by atoms with Crippen LogP contribution in [0.5, 0.6) is 5.75 Å². The van der Waals surface area contributed by atoms with Crippen LogP contribution in [-0.2, 0) is 11.3 Å². The molecule has 0 aliphatic rings. The van der Waals surface area contributed by atoms with Gasteiger partial charge in [0.05, 0.1) is 12.9 Å². The van der Waals surface area contributed by atoms with E-state index < -0.39 is 0 Å². The number of hydrogen-bond acceptors (Lipinski definition) is 3. The van der Waals surface area contributed by atoms with Crippen LogP contribution in [0.15, 0.2) is 24.3 Å². The number of ether oxygens (including phenoxy) is 1. The molecule has 82 valence electrons. The largest absolute Gasteiger partial charge is 0.497 e. The summed E-state index contributed by atoms with van der Waals surface area (Å²) in [5, 5.41) is 0. The van der Waals surface area contributed by atoms with Crippen LogP contribution in [0.3, 0.4) is 0 Å². The van der Waals surface area contributed by atoms with Crippen LogP contribution in [0.1, 0.15) is 5.56 Å². The maximum atomic E-state index is 11.3. The molecule has 0 aliphatic carbocycles. The lowest BCUT2D eigenvalue weighted by atomic mass is 10.2. The second kappa shape index (κ2) is 5.66. The van der Waals surface area contributed by atoms with E-state index in [1.165, 1.54) is 0 Å². The zero-order valence-corrected chi connectivity index (χ0v) is 9.83. The maximum absolute atomic E-state index is 11.3. The van der Waals surface area contributed by atoms with E-state index in [0.29, 0.717) is 6.54 Å². The molecule has 0 radical (unpaired) electrons. The van der Waals surface area contributed by atoms with Crippen molar-refractivity contribution in [2.75, 3.05) is 19.9 Å². The standard InChI is InChI=1S/C11H15NO2S/c1-12(11(13)8-15)7-9-3-5-10(14-2)6-4-9/h3-6,15H,7-8H2,1-2H3. The number of amides is 1. The zero-order chi connectivity index (χ0) is 11.3. The van der Waals surface area contributed by atoms with Crippen LogP contribution in [0.4, 0.5) is 0 Å². The molecule has 1 aromatic carbocycles. The molecule has 0 fully saturated rings. The number of carbonyl (C=O) groups is 1. The van der Waals surface area contributed by atoms with Crippen molar-refractivity contribution in [2.24, 2.45) is 0 Å². The zero-order valence-electron chi connectivity index (χ0n) is 8.93. The molecule has 0 spiro atoms. The summed E-state index contributed by atoms with van der Waals surface area (Å²) in [5.74, 6) is 1.09. The van der Waals surface area contributed by atoms with Crippen LogP contribution in [0, 0.1) is 0 Å². The Morgan fingerprint density at radius 1 is 1.40 bits per heavy atom. The van der Waals surface area contributed by atoms with Gasteiger partial charge in [-0.2, -0.15) is 12.6 Å². The Morgan fingerprint density at radius 2 is 2.00 bits per heavy atom. The van der Waals surface area contributed by atoms with Crippen molar-refractivity contribution in [3.05, 3.63) is 29.8 Å². The summed E-state index contributed by atoms with van der Waals surface area (Å²) in [6.45, 7) is 0.601. The van der Waals surface area contributed by atoms with E-state index in [9.17, 15) is 4.79 Å². The number of rotatable bonds is 4. The average molecular weight is 225 g/mol. The van der Waals surface area contributed by atoms with Gasteiger partial charge in [0, 0.05) is 13.6 Å². The number of methoxy groups -OCH3 is 1. The number of hydrogen-bond donors (Lipinski definition) is 1. The third-order valence-electron chi connectivity index (χ3n) is 2.14. The van der Waals surface area contributed by atoms with Gasteiger partial charge in [0.2, 0.25) is 5.91 Å². The van der Waals surface area contributed by atoms with E-state index in [-0.39, 0.29) is 11.7 Å². The van der Waals surface area contributed by atoms with Crippen molar-refractivity contribution in [1.82, 2.24) is 4.90 Å². The molecule has 1 aromatic rings. The molecule has 0 heterocycles. The van der Waals surface area contributed by atoms with Gasteiger partial charge in [-0.25, -0.2) is 0 Å². The first-order chi connectivity index (χ1) is 7.17. The number of benzene rings is 1. The predicted octanol–water partition coefficient (Wildman–Crippen LogP) is 1.58. The van der Waals surface area contributed by atoms with Gasteiger partial charge in [0.1, 0.15) is 5.75 Å². The van der Waals surface area contributed by atoms with Crippen LogP contribution in [0.2, 0.25) is 0 Å². The van der Waals surface area contributed by atoms with Gasteiger partial charge in [-0.3, -0.25) is 4.79 Å². The van der Waals surface area contributed by atoms with Gasteiger partial charge in [-0.15, -0.1) is 0 Å². The van der Waals surface area contributed by atoms with E-state index in [1.807, 2.05) is 24.3 Å². The van der Waals surface area contributed by atoms with Gasteiger partial charge in [-0.05, 0) is 17.7 Å². The lowest BCUT2D eigenvalue weighted by molar-refractivity contribution is -0.127. The molecule has 0 bridgehead atoms. The second-order valence-electron chi connectivity index (χ2n) is 3.26. The Labute approximate surface area is 95.4 Å². The maximum Gasteiger partial charge on any atom is 0.232 e. The Hall–Kier alpha value is -1.16. The van der Waals surface area contributed by atoms with Gasteiger partial charge in [0.25, 0.3) is 0 Å². The van der Waals surface area contributed by atoms with Crippen LogP contribution >= 0.6 is 12.6 Å². The highest BCUT2D eigenvalue weighted by Crippen LogP contribution is 2.12. The lowest BCUT2D eigenvalue weighted by Crippen LogP contribution is -2.27. The molecule has 0 N–H and O–H groups in total. The first kappa shape index (κ1) is 11.9. The van der Waals surface area contributed by atoms with Gasteiger partial charge in [-0.1, -0.05) is 12.1 Å². The quantitative estimate of drug-likeness (QED) is 0.788. The summed E-state index contributed by atoms with van der Waals surface area (Å²) >= 11 is 3.94.